The Bertz CT molecular complexity index is 394. The van der Waals surface area contributed by atoms with Crippen LogP contribution in [0.3, 0.4) is 0 Å². The van der Waals surface area contributed by atoms with Gasteiger partial charge in [0.05, 0.1) is 0 Å². The van der Waals surface area contributed by atoms with E-state index in [1.54, 1.807) is 0 Å². The van der Waals surface area contributed by atoms with E-state index < -0.39 is 0 Å². The first kappa shape index (κ1) is 13.6. The van der Waals surface area contributed by atoms with E-state index in [9.17, 15) is 0 Å². The van der Waals surface area contributed by atoms with Crippen LogP contribution in [-0.4, -0.2) is 19.8 Å². The Morgan fingerprint density at radius 2 is 1.94 bits per heavy atom. The van der Waals surface area contributed by atoms with Crippen molar-refractivity contribution >= 4 is 0 Å². The van der Waals surface area contributed by atoms with Gasteiger partial charge in [0.1, 0.15) is 0 Å². The Labute approximate surface area is 111 Å². The molecule has 1 unspecified atom stereocenters. The minimum absolute atomic E-state index is 0.776. The predicted octanol–water partition coefficient (Wildman–Crippen LogP) is 3.13. The van der Waals surface area contributed by atoms with Gasteiger partial charge in [0.25, 0.3) is 0 Å². The van der Waals surface area contributed by atoms with Gasteiger partial charge < -0.3 is 10.1 Å². The summed E-state index contributed by atoms with van der Waals surface area (Å²) < 4.78 is 5.39. The van der Waals surface area contributed by atoms with Gasteiger partial charge in [0.15, 0.2) is 0 Å². The van der Waals surface area contributed by atoms with E-state index in [0.717, 1.165) is 32.2 Å². The molecule has 2 nitrogen and oxygen atoms in total. The van der Waals surface area contributed by atoms with Crippen LogP contribution in [0.25, 0.3) is 0 Å². The maximum Gasteiger partial charge on any atom is 0.0495 e. The van der Waals surface area contributed by atoms with Gasteiger partial charge in [-0.3, -0.25) is 0 Å². The molecule has 0 radical (unpaired) electrons. The lowest BCUT2D eigenvalue weighted by Gasteiger charge is -2.12. The summed E-state index contributed by atoms with van der Waals surface area (Å²) in [7, 11) is 0. The fourth-order valence-electron chi connectivity index (χ4n) is 2.55. The Morgan fingerprint density at radius 3 is 2.67 bits per heavy atom. The Balaban J connectivity index is 1.77. The third kappa shape index (κ3) is 3.56. The van der Waals surface area contributed by atoms with Gasteiger partial charge in [-0.15, -0.1) is 0 Å². The van der Waals surface area contributed by atoms with E-state index in [1.165, 1.54) is 35.1 Å². The zero-order valence-corrected chi connectivity index (χ0v) is 11.9. The van der Waals surface area contributed by atoms with Gasteiger partial charge in [-0.05, 0) is 68.3 Å². The van der Waals surface area contributed by atoms with Crippen molar-refractivity contribution in [1.82, 2.24) is 5.32 Å². The van der Waals surface area contributed by atoms with E-state index in [4.69, 9.17) is 4.74 Å². The molecule has 1 aromatic rings. The van der Waals surface area contributed by atoms with E-state index >= 15 is 0 Å². The third-order valence-corrected chi connectivity index (χ3v) is 4.02. The van der Waals surface area contributed by atoms with Gasteiger partial charge in [0.2, 0.25) is 0 Å². The minimum Gasteiger partial charge on any atom is -0.381 e. The maximum absolute atomic E-state index is 5.39. The number of aryl methyl sites for hydroxylation is 3. The molecular formula is C16H25NO. The van der Waals surface area contributed by atoms with Gasteiger partial charge in [0, 0.05) is 19.8 Å². The summed E-state index contributed by atoms with van der Waals surface area (Å²) in [4.78, 5) is 0. The highest BCUT2D eigenvalue weighted by Gasteiger charge is 2.14. The van der Waals surface area contributed by atoms with E-state index in [1.807, 2.05) is 0 Å². The van der Waals surface area contributed by atoms with Crippen LogP contribution in [0.2, 0.25) is 0 Å². The fraction of sp³-hybridized carbons (Fsp3) is 0.625. The van der Waals surface area contributed by atoms with Gasteiger partial charge in [-0.1, -0.05) is 12.1 Å². The third-order valence-electron chi connectivity index (χ3n) is 4.02. The highest BCUT2D eigenvalue weighted by Crippen LogP contribution is 2.17. The van der Waals surface area contributed by atoms with Crippen LogP contribution in [0.15, 0.2) is 12.1 Å². The lowest BCUT2D eigenvalue weighted by atomic mass is 10.0. The topological polar surface area (TPSA) is 21.3 Å². The molecule has 0 saturated carbocycles. The van der Waals surface area contributed by atoms with Crippen LogP contribution in [0.1, 0.15) is 35.1 Å². The maximum atomic E-state index is 5.39. The summed E-state index contributed by atoms with van der Waals surface area (Å²) in [5.74, 6) is 0.776. The zero-order chi connectivity index (χ0) is 13.0. The Morgan fingerprint density at radius 1 is 1.17 bits per heavy atom. The van der Waals surface area contributed by atoms with E-state index in [-0.39, 0.29) is 0 Å². The van der Waals surface area contributed by atoms with Crippen molar-refractivity contribution < 1.29 is 4.74 Å². The predicted molar refractivity (Wildman–Crippen MR) is 75.9 cm³/mol. The molecule has 1 N–H and O–H groups in total. The van der Waals surface area contributed by atoms with E-state index in [0.29, 0.717) is 0 Å². The molecule has 0 spiro atoms. The monoisotopic (exact) mass is 247 g/mol. The van der Waals surface area contributed by atoms with Crippen LogP contribution in [0, 0.1) is 26.7 Å². The van der Waals surface area contributed by atoms with Gasteiger partial charge in [-0.2, -0.15) is 0 Å². The average Bonchev–Trinajstić information content (AvgIpc) is 2.84. The van der Waals surface area contributed by atoms with Crippen molar-refractivity contribution in [2.45, 2.75) is 40.2 Å². The van der Waals surface area contributed by atoms with Gasteiger partial charge in [-0.25, -0.2) is 0 Å². The molecule has 100 valence electrons. The normalized spacial score (nSPS) is 19.4. The van der Waals surface area contributed by atoms with Crippen LogP contribution in [-0.2, 0) is 11.3 Å². The molecule has 1 heterocycles. The highest BCUT2D eigenvalue weighted by molar-refractivity contribution is 5.36. The molecule has 1 aromatic carbocycles. The molecule has 2 rings (SSSR count). The average molecular weight is 247 g/mol. The molecule has 0 aliphatic carbocycles. The summed E-state index contributed by atoms with van der Waals surface area (Å²) in [6, 6.07) is 4.60. The lowest BCUT2D eigenvalue weighted by molar-refractivity contribution is 0.184. The largest absolute Gasteiger partial charge is 0.381 e. The van der Waals surface area contributed by atoms with Crippen LogP contribution >= 0.6 is 0 Å². The number of rotatable bonds is 5. The van der Waals surface area contributed by atoms with Crippen LogP contribution in [0.5, 0.6) is 0 Å². The second-order valence-electron chi connectivity index (χ2n) is 5.56. The van der Waals surface area contributed by atoms with Crippen molar-refractivity contribution in [3.63, 3.8) is 0 Å². The fourth-order valence-corrected chi connectivity index (χ4v) is 2.55. The van der Waals surface area contributed by atoms with Crippen molar-refractivity contribution in [3.05, 3.63) is 34.4 Å². The van der Waals surface area contributed by atoms with Crippen molar-refractivity contribution in [2.75, 3.05) is 19.8 Å². The number of nitrogens with one attached hydrogen (secondary N) is 1. The molecule has 2 heteroatoms. The SMILES string of the molecule is Cc1cc(C)c(CNCCC2CCOC2)cc1C. The molecule has 1 fully saturated rings. The standard InChI is InChI=1S/C16H25NO/c1-12-8-14(3)16(9-13(12)2)10-17-6-4-15-5-7-18-11-15/h8-9,15,17H,4-7,10-11H2,1-3H3. The smallest absolute Gasteiger partial charge is 0.0495 e. The quantitative estimate of drug-likeness (QED) is 0.807. The summed E-state index contributed by atoms with van der Waals surface area (Å²) in [6.45, 7) is 10.6. The highest BCUT2D eigenvalue weighted by atomic mass is 16.5. The molecule has 18 heavy (non-hydrogen) atoms. The van der Waals surface area contributed by atoms with E-state index in [2.05, 4.69) is 38.2 Å². The summed E-state index contributed by atoms with van der Waals surface area (Å²) in [6.07, 6.45) is 2.48. The number of ether oxygens (including phenoxy) is 1. The number of hydrogen-bond acceptors (Lipinski definition) is 2. The zero-order valence-electron chi connectivity index (χ0n) is 11.9. The molecule has 0 amide bonds. The van der Waals surface area contributed by atoms with Crippen molar-refractivity contribution in [2.24, 2.45) is 5.92 Å². The molecule has 1 saturated heterocycles. The van der Waals surface area contributed by atoms with Crippen LogP contribution in [0.4, 0.5) is 0 Å². The summed E-state index contributed by atoms with van der Waals surface area (Å²) in [5.41, 5.74) is 5.61. The Hall–Kier alpha value is -0.860. The molecule has 1 aliphatic heterocycles. The molecule has 1 aliphatic rings. The lowest BCUT2D eigenvalue weighted by Crippen LogP contribution is -2.18. The van der Waals surface area contributed by atoms with Crippen molar-refractivity contribution in [3.8, 4) is 0 Å². The molecule has 1 atom stereocenters. The molecule has 0 bridgehead atoms. The molecular weight excluding hydrogens is 222 g/mol. The first-order valence-electron chi connectivity index (χ1n) is 7.02. The minimum atomic E-state index is 0.776. The second-order valence-corrected chi connectivity index (χ2v) is 5.56. The van der Waals surface area contributed by atoms with Crippen molar-refractivity contribution in [1.29, 1.82) is 0 Å². The van der Waals surface area contributed by atoms with Crippen LogP contribution < -0.4 is 5.32 Å². The number of benzene rings is 1. The Kier molecular flexibility index (Phi) is 4.79. The first-order chi connectivity index (χ1) is 8.66. The first-order valence-corrected chi connectivity index (χ1v) is 7.02. The number of hydrogen-bond donors (Lipinski definition) is 1. The summed E-state index contributed by atoms with van der Waals surface area (Å²) >= 11 is 0. The van der Waals surface area contributed by atoms with Gasteiger partial charge >= 0.3 is 0 Å². The summed E-state index contributed by atoms with van der Waals surface area (Å²) in [5, 5.41) is 3.56. The molecule has 0 aromatic heterocycles. The second kappa shape index (κ2) is 6.35.